The molecule has 2 aromatic carbocycles. The molecule has 0 radical (unpaired) electrons. The van der Waals surface area contributed by atoms with Gasteiger partial charge in [-0.05, 0) is 13.0 Å². The van der Waals surface area contributed by atoms with Crippen LogP contribution in [0, 0.1) is 20.2 Å². The van der Waals surface area contributed by atoms with E-state index < -0.39 is 19.9 Å². The number of nitrogens with zero attached hydrogens (tertiary/aromatic N) is 4. The fraction of sp³-hybridized carbons (Fsp3) is 0.278. The van der Waals surface area contributed by atoms with E-state index in [2.05, 4.69) is 10.5 Å². The zero-order chi connectivity index (χ0) is 22.6. The molecule has 1 aliphatic heterocycles. The maximum absolute atomic E-state index is 13.1. The van der Waals surface area contributed by atoms with Crippen molar-refractivity contribution in [2.45, 2.75) is 11.8 Å². The Morgan fingerprint density at radius 2 is 1.71 bits per heavy atom. The molecule has 12 nitrogen and oxygen atoms in total. The van der Waals surface area contributed by atoms with Gasteiger partial charge in [-0.1, -0.05) is 12.1 Å². The van der Waals surface area contributed by atoms with Crippen molar-refractivity contribution in [1.29, 1.82) is 0 Å². The molecule has 164 valence electrons. The van der Waals surface area contributed by atoms with E-state index in [1.807, 2.05) is 0 Å². The van der Waals surface area contributed by atoms with E-state index in [0.717, 1.165) is 6.07 Å². The highest BCUT2D eigenvalue weighted by atomic mass is 32.2. The summed E-state index contributed by atoms with van der Waals surface area (Å²) in [5.41, 5.74) is 3.00. The Morgan fingerprint density at radius 3 is 2.35 bits per heavy atom. The van der Waals surface area contributed by atoms with Gasteiger partial charge in [-0.25, -0.2) is 8.42 Å². The first-order chi connectivity index (χ1) is 14.7. The van der Waals surface area contributed by atoms with Gasteiger partial charge < -0.3 is 4.74 Å². The van der Waals surface area contributed by atoms with Gasteiger partial charge in [0, 0.05) is 42.9 Å². The molecule has 0 aromatic heterocycles. The number of anilines is 1. The van der Waals surface area contributed by atoms with Crippen LogP contribution in [0.3, 0.4) is 0 Å². The molecule has 31 heavy (non-hydrogen) atoms. The summed E-state index contributed by atoms with van der Waals surface area (Å²) in [6, 6.07) is 9.20. The van der Waals surface area contributed by atoms with Crippen LogP contribution >= 0.6 is 0 Å². The summed E-state index contributed by atoms with van der Waals surface area (Å²) in [7, 11) is -4.05. The quantitative estimate of drug-likeness (QED) is 0.383. The Labute approximate surface area is 177 Å². The lowest BCUT2D eigenvalue weighted by molar-refractivity contribution is -0.385. The van der Waals surface area contributed by atoms with Gasteiger partial charge in [-0.15, -0.1) is 0 Å². The van der Waals surface area contributed by atoms with E-state index in [1.54, 1.807) is 13.0 Å². The molecule has 3 rings (SSSR count). The number of hydrazone groups is 1. The van der Waals surface area contributed by atoms with Crippen LogP contribution in [0.1, 0.15) is 12.5 Å². The number of nitro benzene ring substituents is 2. The average Bonchev–Trinajstić information content (AvgIpc) is 2.77. The minimum atomic E-state index is -4.05. The molecule has 1 saturated heterocycles. The van der Waals surface area contributed by atoms with Gasteiger partial charge in [-0.3, -0.25) is 25.7 Å². The van der Waals surface area contributed by atoms with Crippen LogP contribution in [0.4, 0.5) is 17.1 Å². The Hall–Kier alpha value is -3.42. The molecule has 1 heterocycles. The van der Waals surface area contributed by atoms with Gasteiger partial charge in [0.1, 0.15) is 4.90 Å². The minimum absolute atomic E-state index is 0.0434. The number of sulfonamides is 1. The van der Waals surface area contributed by atoms with E-state index in [-0.39, 0.29) is 48.3 Å². The predicted octanol–water partition coefficient (Wildman–Crippen LogP) is 2.36. The topological polar surface area (TPSA) is 157 Å². The predicted molar refractivity (Wildman–Crippen MR) is 112 cm³/mol. The van der Waals surface area contributed by atoms with Crippen LogP contribution in [0.5, 0.6) is 0 Å². The van der Waals surface area contributed by atoms with Crippen molar-refractivity contribution >= 4 is 32.8 Å². The second kappa shape index (κ2) is 9.16. The zero-order valence-electron chi connectivity index (χ0n) is 16.4. The van der Waals surface area contributed by atoms with Crippen LogP contribution in [0.15, 0.2) is 52.5 Å². The molecule has 0 aliphatic carbocycles. The summed E-state index contributed by atoms with van der Waals surface area (Å²) < 4.78 is 32.6. The number of nitro groups is 2. The Morgan fingerprint density at radius 1 is 1.06 bits per heavy atom. The smallest absolute Gasteiger partial charge is 0.270 e. The lowest BCUT2D eigenvalue weighted by atomic mass is 10.1. The second-order valence-electron chi connectivity index (χ2n) is 6.57. The Kier molecular flexibility index (Phi) is 6.58. The third-order valence-corrected chi connectivity index (χ3v) is 6.52. The number of ether oxygens (including phenoxy) is 1. The molecule has 2 aromatic rings. The van der Waals surface area contributed by atoms with E-state index in [1.165, 1.54) is 34.6 Å². The highest BCUT2D eigenvalue weighted by molar-refractivity contribution is 7.89. The second-order valence-corrected chi connectivity index (χ2v) is 8.48. The van der Waals surface area contributed by atoms with E-state index in [9.17, 15) is 28.6 Å². The highest BCUT2D eigenvalue weighted by Crippen LogP contribution is 2.29. The van der Waals surface area contributed by atoms with Gasteiger partial charge in [0.25, 0.3) is 11.4 Å². The molecular formula is C18H19N5O7S. The van der Waals surface area contributed by atoms with Crippen molar-refractivity contribution in [2.24, 2.45) is 5.10 Å². The monoisotopic (exact) mass is 449 g/mol. The standard InChI is InChI=1S/C18H19N5O7S/c1-13(14-3-2-4-15(11-14)22(24)25)19-20-17-6-5-16(23(26)27)12-18(17)31(28,29)21-7-9-30-10-8-21/h2-6,11-12,20H,7-10H2,1H3. The summed E-state index contributed by atoms with van der Waals surface area (Å²) in [5, 5.41) is 26.3. The first-order valence-corrected chi connectivity index (χ1v) is 10.6. The van der Waals surface area contributed by atoms with Crippen LogP contribution in [-0.4, -0.2) is 54.6 Å². The molecular weight excluding hydrogens is 430 g/mol. The maximum Gasteiger partial charge on any atom is 0.270 e. The van der Waals surface area contributed by atoms with Crippen LogP contribution in [0.25, 0.3) is 0 Å². The Balaban J connectivity index is 1.97. The summed E-state index contributed by atoms with van der Waals surface area (Å²) in [6.45, 7) is 2.29. The third kappa shape index (κ3) is 5.02. The number of non-ortho nitro benzene ring substituents is 2. The lowest BCUT2D eigenvalue weighted by Gasteiger charge is -2.26. The number of benzene rings is 2. The summed E-state index contributed by atoms with van der Waals surface area (Å²) in [6.07, 6.45) is 0. The van der Waals surface area contributed by atoms with Crippen molar-refractivity contribution in [3.63, 3.8) is 0 Å². The van der Waals surface area contributed by atoms with Gasteiger partial charge >= 0.3 is 0 Å². The van der Waals surface area contributed by atoms with Crippen molar-refractivity contribution in [2.75, 3.05) is 31.7 Å². The van der Waals surface area contributed by atoms with E-state index in [4.69, 9.17) is 4.74 Å². The SMILES string of the molecule is CC(=NNc1ccc([N+](=O)[O-])cc1S(=O)(=O)N1CCOCC1)c1cccc([N+](=O)[O-])c1. The van der Waals surface area contributed by atoms with Crippen molar-refractivity contribution in [3.8, 4) is 0 Å². The minimum Gasteiger partial charge on any atom is -0.379 e. The molecule has 1 aliphatic rings. The van der Waals surface area contributed by atoms with Crippen molar-refractivity contribution in [3.05, 3.63) is 68.3 Å². The number of hydrogen-bond acceptors (Lipinski definition) is 9. The molecule has 0 bridgehead atoms. The number of rotatable bonds is 7. The summed E-state index contributed by atoms with van der Waals surface area (Å²) in [5.74, 6) is 0. The number of morpholine rings is 1. The van der Waals surface area contributed by atoms with Crippen molar-refractivity contribution < 1.29 is 23.0 Å². The van der Waals surface area contributed by atoms with Gasteiger partial charge in [0.05, 0.1) is 34.5 Å². The molecule has 1 fully saturated rings. The molecule has 0 amide bonds. The molecule has 0 unspecified atom stereocenters. The first-order valence-electron chi connectivity index (χ1n) is 9.11. The van der Waals surface area contributed by atoms with Crippen LogP contribution < -0.4 is 5.43 Å². The van der Waals surface area contributed by atoms with Crippen LogP contribution in [-0.2, 0) is 14.8 Å². The lowest BCUT2D eigenvalue weighted by Crippen LogP contribution is -2.40. The molecule has 1 N–H and O–H groups in total. The first kappa shape index (κ1) is 22.3. The summed E-state index contributed by atoms with van der Waals surface area (Å²) in [4.78, 5) is 20.6. The van der Waals surface area contributed by atoms with E-state index >= 15 is 0 Å². The Bertz CT molecular complexity index is 1140. The van der Waals surface area contributed by atoms with Gasteiger partial charge in [0.2, 0.25) is 10.0 Å². The molecule has 0 spiro atoms. The fourth-order valence-electron chi connectivity index (χ4n) is 2.91. The van der Waals surface area contributed by atoms with Gasteiger partial charge in [0.15, 0.2) is 0 Å². The van der Waals surface area contributed by atoms with Crippen molar-refractivity contribution in [1.82, 2.24) is 4.31 Å². The van der Waals surface area contributed by atoms with Gasteiger partial charge in [-0.2, -0.15) is 9.41 Å². The highest BCUT2D eigenvalue weighted by Gasteiger charge is 2.30. The maximum atomic E-state index is 13.1. The number of nitrogens with one attached hydrogen (secondary N) is 1. The molecule has 0 saturated carbocycles. The zero-order valence-corrected chi connectivity index (χ0v) is 17.2. The third-order valence-electron chi connectivity index (χ3n) is 4.58. The number of hydrogen-bond donors (Lipinski definition) is 1. The average molecular weight is 449 g/mol. The van der Waals surface area contributed by atoms with E-state index in [0.29, 0.717) is 11.3 Å². The largest absolute Gasteiger partial charge is 0.379 e. The normalized spacial score (nSPS) is 15.5. The van der Waals surface area contributed by atoms with Crippen LogP contribution in [0.2, 0.25) is 0 Å². The fourth-order valence-corrected chi connectivity index (χ4v) is 4.48. The molecule has 13 heteroatoms. The molecule has 0 atom stereocenters. The summed E-state index contributed by atoms with van der Waals surface area (Å²) >= 11 is 0.